The molecule has 1 aromatic heterocycles. The second-order valence-electron chi connectivity index (χ2n) is 5.11. The molecule has 2 rings (SSSR count). The van der Waals surface area contributed by atoms with Gasteiger partial charge in [0.1, 0.15) is 5.54 Å². The van der Waals surface area contributed by atoms with Crippen LogP contribution in [0.25, 0.3) is 0 Å². The average Bonchev–Trinajstić information content (AvgIpc) is 2.70. The fourth-order valence-corrected chi connectivity index (χ4v) is 4.45. The van der Waals surface area contributed by atoms with Gasteiger partial charge in [0.15, 0.2) is 4.21 Å². The Labute approximate surface area is 111 Å². The molecular weight excluding hydrogens is 270 g/mol. The van der Waals surface area contributed by atoms with Crippen molar-refractivity contribution in [1.82, 2.24) is 9.71 Å². The number of aromatic nitrogens is 1. The fraction of sp³-hybridized carbons (Fsp3) is 0.636. The number of thiazole rings is 1. The lowest BCUT2D eigenvalue weighted by molar-refractivity contribution is 0.514. The van der Waals surface area contributed by atoms with Crippen LogP contribution < -0.4 is 4.72 Å². The van der Waals surface area contributed by atoms with Crippen LogP contribution in [0.2, 0.25) is 0 Å². The van der Waals surface area contributed by atoms with Gasteiger partial charge in [0, 0.05) is 5.41 Å². The van der Waals surface area contributed by atoms with E-state index in [1.807, 2.05) is 20.8 Å². The molecule has 0 unspecified atom stereocenters. The minimum atomic E-state index is -3.64. The molecule has 0 radical (unpaired) electrons. The van der Waals surface area contributed by atoms with Crippen LogP contribution in [0.5, 0.6) is 0 Å². The summed E-state index contributed by atoms with van der Waals surface area (Å²) < 4.78 is 27.0. The topological polar surface area (TPSA) is 82.8 Å². The minimum Gasteiger partial charge on any atom is -0.248 e. The second-order valence-corrected chi connectivity index (χ2v) is 8.13. The first-order chi connectivity index (χ1) is 8.26. The lowest BCUT2D eigenvalue weighted by Crippen LogP contribution is -2.38. The van der Waals surface area contributed by atoms with Gasteiger partial charge in [-0.15, -0.1) is 11.3 Å². The molecule has 1 aromatic rings. The number of rotatable bonds is 4. The largest absolute Gasteiger partial charge is 0.253 e. The van der Waals surface area contributed by atoms with Crippen LogP contribution in [0, 0.1) is 16.7 Å². The highest BCUT2D eigenvalue weighted by molar-refractivity contribution is 7.91. The molecule has 0 bridgehead atoms. The molecule has 1 fully saturated rings. The lowest BCUT2D eigenvalue weighted by Gasteiger charge is -2.13. The number of aryl methyl sites for hydroxylation is 1. The maximum absolute atomic E-state index is 12.2. The van der Waals surface area contributed by atoms with Gasteiger partial charge in [0.05, 0.1) is 17.3 Å². The van der Waals surface area contributed by atoms with Crippen molar-refractivity contribution in [2.45, 2.75) is 43.4 Å². The van der Waals surface area contributed by atoms with Gasteiger partial charge in [-0.25, -0.2) is 13.4 Å². The van der Waals surface area contributed by atoms with Crippen molar-refractivity contribution in [3.63, 3.8) is 0 Å². The van der Waals surface area contributed by atoms with Crippen LogP contribution >= 0.6 is 11.3 Å². The van der Waals surface area contributed by atoms with Gasteiger partial charge >= 0.3 is 0 Å². The summed E-state index contributed by atoms with van der Waals surface area (Å²) >= 11 is 1.15. The summed E-state index contributed by atoms with van der Waals surface area (Å²) in [6.45, 7) is 5.68. The van der Waals surface area contributed by atoms with Gasteiger partial charge in [0.2, 0.25) is 0 Å². The summed E-state index contributed by atoms with van der Waals surface area (Å²) in [5.74, 6) is 0. The van der Waals surface area contributed by atoms with Crippen LogP contribution in [-0.2, 0) is 16.4 Å². The molecular formula is C11H15N3O2S2. The van der Waals surface area contributed by atoms with E-state index in [-0.39, 0.29) is 9.62 Å². The number of hydrogen-bond acceptors (Lipinski definition) is 5. The van der Waals surface area contributed by atoms with Crippen molar-refractivity contribution in [3.05, 3.63) is 11.2 Å². The number of hydrogen-bond donors (Lipinski definition) is 1. The molecule has 98 valence electrons. The molecule has 0 aromatic carbocycles. The quantitative estimate of drug-likeness (QED) is 0.912. The summed E-state index contributed by atoms with van der Waals surface area (Å²) in [4.78, 5) is 4.03. The molecule has 0 aliphatic heterocycles. The van der Waals surface area contributed by atoms with E-state index < -0.39 is 15.6 Å². The highest BCUT2D eigenvalue weighted by atomic mass is 32.2. The third-order valence-electron chi connectivity index (χ3n) is 3.34. The van der Waals surface area contributed by atoms with E-state index in [9.17, 15) is 8.42 Å². The van der Waals surface area contributed by atoms with Gasteiger partial charge in [-0.05, 0) is 12.8 Å². The first-order valence-electron chi connectivity index (χ1n) is 5.66. The summed E-state index contributed by atoms with van der Waals surface area (Å²) in [7, 11) is -3.64. The van der Waals surface area contributed by atoms with Gasteiger partial charge < -0.3 is 0 Å². The van der Waals surface area contributed by atoms with E-state index in [1.54, 1.807) is 0 Å². The highest BCUT2D eigenvalue weighted by Gasteiger charge is 2.64. The van der Waals surface area contributed by atoms with Crippen LogP contribution in [-0.4, -0.2) is 18.9 Å². The van der Waals surface area contributed by atoms with Crippen LogP contribution in [0.4, 0.5) is 0 Å². The Morgan fingerprint density at radius 1 is 1.61 bits per heavy atom. The summed E-state index contributed by atoms with van der Waals surface area (Å²) in [6.07, 6.45) is 2.59. The molecule has 18 heavy (non-hydrogen) atoms. The number of sulfonamides is 1. The molecule has 0 amide bonds. The van der Waals surface area contributed by atoms with Gasteiger partial charge in [-0.3, -0.25) is 0 Å². The Balaban J connectivity index is 2.27. The van der Waals surface area contributed by atoms with Crippen molar-refractivity contribution in [2.24, 2.45) is 5.41 Å². The maximum atomic E-state index is 12.2. The van der Waals surface area contributed by atoms with Crippen LogP contribution in [0.1, 0.15) is 32.2 Å². The zero-order chi connectivity index (χ0) is 13.6. The van der Waals surface area contributed by atoms with Crippen LogP contribution in [0.3, 0.4) is 0 Å². The summed E-state index contributed by atoms with van der Waals surface area (Å²) in [6, 6.07) is 2.08. The Kier molecular flexibility index (Phi) is 3.00. The zero-order valence-corrected chi connectivity index (χ0v) is 12.2. The number of nitriles is 1. The molecule has 1 heterocycles. The molecule has 1 N–H and O–H groups in total. The monoisotopic (exact) mass is 285 g/mol. The van der Waals surface area contributed by atoms with Crippen molar-refractivity contribution < 1.29 is 8.42 Å². The SMILES string of the molecule is CCc1ncc(S(=O)(=O)N[C@@]2(C#N)CC2(C)C)s1. The highest BCUT2D eigenvalue weighted by Crippen LogP contribution is 2.55. The average molecular weight is 285 g/mol. The lowest BCUT2D eigenvalue weighted by atomic mass is 10.1. The second kappa shape index (κ2) is 4.02. The van der Waals surface area contributed by atoms with Crippen LogP contribution in [0.15, 0.2) is 10.4 Å². The van der Waals surface area contributed by atoms with Gasteiger partial charge in [-0.1, -0.05) is 20.8 Å². The molecule has 1 aliphatic rings. The predicted molar refractivity (Wildman–Crippen MR) is 68.6 cm³/mol. The molecule has 1 aliphatic carbocycles. The first kappa shape index (κ1) is 13.5. The zero-order valence-electron chi connectivity index (χ0n) is 10.5. The Morgan fingerprint density at radius 2 is 2.22 bits per heavy atom. The van der Waals surface area contributed by atoms with Crippen molar-refractivity contribution in [1.29, 1.82) is 5.26 Å². The number of nitrogens with one attached hydrogen (secondary N) is 1. The van der Waals surface area contributed by atoms with E-state index in [0.29, 0.717) is 12.8 Å². The van der Waals surface area contributed by atoms with E-state index in [1.165, 1.54) is 6.20 Å². The summed E-state index contributed by atoms with van der Waals surface area (Å²) in [5, 5.41) is 9.94. The van der Waals surface area contributed by atoms with Gasteiger partial charge in [-0.2, -0.15) is 9.98 Å². The van der Waals surface area contributed by atoms with E-state index in [0.717, 1.165) is 16.3 Å². The summed E-state index contributed by atoms with van der Waals surface area (Å²) in [5.41, 5.74) is -1.28. The Hall–Kier alpha value is -0.970. The molecule has 0 saturated heterocycles. The normalized spacial score (nSPS) is 25.7. The molecule has 0 spiro atoms. The molecule has 7 heteroatoms. The molecule has 1 saturated carbocycles. The number of nitrogens with zero attached hydrogens (tertiary/aromatic N) is 2. The molecule has 5 nitrogen and oxygen atoms in total. The predicted octanol–water partition coefficient (Wildman–Crippen LogP) is 1.68. The molecule has 1 atom stereocenters. The first-order valence-corrected chi connectivity index (χ1v) is 7.96. The van der Waals surface area contributed by atoms with E-state index in [2.05, 4.69) is 15.8 Å². The van der Waals surface area contributed by atoms with Crippen molar-refractivity contribution in [3.8, 4) is 6.07 Å². The smallest absolute Gasteiger partial charge is 0.248 e. The van der Waals surface area contributed by atoms with Gasteiger partial charge in [0.25, 0.3) is 10.0 Å². The van der Waals surface area contributed by atoms with Crippen molar-refractivity contribution >= 4 is 21.4 Å². The Bertz CT molecular complexity index is 612. The minimum absolute atomic E-state index is 0.177. The third kappa shape index (κ3) is 2.05. The van der Waals surface area contributed by atoms with E-state index in [4.69, 9.17) is 5.26 Å². The fourth-order valence-electron chi connectivity index (χ4n) is 1.87. The standard InChI is InChI=1S/C11H15N3O2S2/c1-4-8-13-5-9(17-8)18(15,16)14-11(7-12)6-10(11,2)3/h5,14H,4,6H2,1-3H3/t11-/m1/s1. The van der Waals surface area contributed by atoms with E-state index >= 15 is 0 Å². The maximum Gasteiger partial charge on any atom is 0.253 e. The Morgan fingerprint density at radius 3 is 2.61 bits per heavy atom. The van der Waals surface area contributed by atoms with Crippen molar-refractivity contribution in [2.75, 3.05) is 0 Å². The third-order valence-corrected chi connectivity index (χ3v) is 6.43.